The van der Waals surface area contributed by atoms with Crippen molar-refractivity contribution in [2.24, 2.45) is 11.8 Å². The fourth-order valence-electron chi connectivity index (χ4n) is 2.44. The Kier molecular flexibility index (Phi) is 4.16. The van der Waals surface area contributed by atoms with Crippen molar-refractivity contribution in [1.29, 1.82) is 0 Å². The molecule has 7 heteroatoms. The van der Waals surface area contributed by atoms with Gasteiger partial charge in [-0.1, -0.05) is 0 Å². The van der Waals surface area contributed by atoms with E-state index in [2.05, 4.69) is 4.98 Å². The average Bonchev–Trinajstić information content (AvgIpc) is 2.88. The molecule has 1 aromatic heterocycles. The van der Waals surface area contributed by atoms with Crippen LogP contribution in [0.1, 0.15) is 6.42 Å². The van der Waals surface area contributed by atoms with Crippen LogP contribution in [0.4, 0.5) is 0 Å². The van der Waals surface area contributed by atoms with Crippen molar-refractivity contribution in [3.8, 4) is 0 Å². The first-order valence-corrected chi connectivity index (χ1v) is 6.21. The normalized spacial score (nSPS) is 24.2. The largest absolute Gasteiger partial charge is 0.481 e. The second-order valence-electron chi connectivity index (χ2n) is 4.78. The lowest BCUT2D eigenvalue weighted by Crippen LogP contribution is -2.47. The molecule has 1 aliphatic heterocycles. The Bertz CT molecular complexity index is 446. The van der Waals surface area contributed by atoms with Gasteiger partial charge in [-0.05, 0) is 13.0 Å². The number of carboxylic acids is 2. The smallest absolute Gasteiger partial charge is 0.308 e. The number of rotatable bonds is 5. The van der Waals surface area contributed by atoms with Crippen LogP contribution in [0.25, 0.3) is 0 Å². The van der Waals surface area contributed by atoms with Gasteiger partial charge in [-0.2, -0.15) is 0 Å². The number of likely N-dealkylation sites (tertiary alicyclic amines) is 1. The average molecular weight is 267 g/mol. The number of carboxylic acid groups (broad SMARTS) is 2. The molecule has 7 nitrogen and oxygen atoms in total. The summed E-state index contributed by atoms with van der Waals surface area (Å²) >= 11 is 0. The fraction of sp³-hybridized carbons (Fsp3) is 0.583. The molecule has 2 unspecified atom stereocenters. The van der Waals surface area contributed by atoms with Gasteiger partial charge in [0, 0.05) is 32.0 Å². The minimum atomic E-state index is -1.03. The third kappa shape index (κ3) is 3.31. The number of hydrogen-bond acceptors (Lipinski definition) is 4. The second kappa shape index (κ2) is 5.83. The van der Waals surface area contributed by atoms with Crippen molar-refractivity contribution in [1.82, 2.24) is 14.5 Å². The second-order valence-corrected chi connectivity index (χ2v) is 4.78. The summed E-state index contributed by atoms with van der Waals surface area (Å²) in [5.74, 6) is -3.64. The first-order valence-electron chi connectivity index (χ1n) is 6.21. The highest BCUT2D eigenvalue weighted by Gasteiger charge is 2.38. The van der Waals surface area contributed by atoms with Gasteiger partial charge in [-0.3, -0.25) is 9.59 Å². The number of piperidine rings is 1. The summed E-state index contributed by atoms with van der Waals surface area (Å²) in [7, 11) is 0. The number of hydrogen-bond donors (Lipinski definition) is 2. The van der Waals surface area contributed by atoms with Gasteiger partial charge in [0.15, 0.2) is 0 Å². The topological polar surface area (TPSA) is 95.7 Å². The maximum atomic E-state index is 11.1. The van der Waals surface area contributed by atoms with Crippen LogP contribution >= 0.6 is 0 Å². The molecule has 0 amide bonds. The van der Waals surface area contributed by atoms with Crippen molar-refractivity contribution in [3.05, 3.63) is 18.7 Å². The summed E-state index contributed by atoms with van der Waals surface area (Å²) in [5, 5.41) is 18.2. The van der Waals surface area contributed by atoms with Gasteiger partial charge in [0.1, 0.15) is 0 Å². The summed E-state index contributed by atoms with van der Waals surface area (Å²) in [6.45, 7) is 2.34. The molecule has 0 spiro atoms. The molecule has 19 heavy (non-hydrogen) atoms. The quantitative estimate of drug-likeness (QED) is 0.779. The van der Waals surface area contributed by atoms with Gasteiger partial charge >= 0.3 is 11.9 Å². The molecule has 104 valence electrons. The summed E-state index contributed by atoms with van der Waals surface area (Å²) in [6, 6.07) is 0. The molecular weight excluding hydrogens is 250 g/mol. The van der Waals surface area contributed by atoms with Crippen molar-refractivity contribution in [3.63, 3.8) is 0 Å². The van der Waals surface area contributed by atoms with E-state index in [9.17, 15) is 9.59 Å². The first-order chi connectivity index (χ1) is 9.08. The molecule has 2 heterocycles. The highest BCUT2D eigenvalue weighted by molar-refractivity contribution is 5.80. The zero-order valence-corrected chi connectivity index (χ0v) is 10.5. The molecule has 2 N–H and O–H groups in total. The van der Waals surface area contributed by atoms with E-state index >= 15 is 0 Å². The summed E-state index contributed by atoms with van der Waals surface area (Å²) in [5.41, 5.74) is 0. The predicted octanol–water partition coefficient (Wildman–Crippen LogP) is -0.00960. The van der Waals surface area contributed by atoms with Gasteiger partial charge in [-0.15, -0.1) is 0 Å². The van der Waals surface area contributed by atoms with Crippen LogP contribution in [0.5, 0.6) is 0 Å². The van der Waals surface area contributed by atoms with Crippen molar-refractivity contribution >= 4 is 11.9 Å². The van der Waals surface area contributed by atoms with E-state index in [1.165, 1.54) is 0 Å². The monoisotopic (exact) mass is 267 g/mol. The zero-order valence-electron chi connectivity index (χ0n) is 10.5. The van der Waals surface area contributed by atoms with Gasteiger partial charge in [0.25, 0.3) is 0 Å². The van der Waals surface area contributed by atoms with Gasteiger partial charge in [-0.25, -0.2) is 4.98 Å². The highest BCUT2D eigenvalue weighted by Crippen LogP contribution is 2.24. The van der Waals surface area contributed by atoms with E-state index < -0.39 is 23.8 Å². The molecule has 0 saturated carbocycles. The number of aromatic nitrogens is 2. The number of aliphatic carboxylic acids is 2. The SMILES string of the molecule is O=C(O)C1CCN(CCn2ccnc2)CC1C(=O)O. The standard InChI is InChI=1S/C12H17N3O4/c16-11(17)9-1-3-14(7-10(9)12(18)19)5-6-15-4-2-13-8-15/h2,4,8-10H,1,3,5-7H2,(H,16,17)(H,18,19). The first kappa shape index (κ1) is 13.5. The zero-order chi connectivity index (χ0) is 13.8. The molecule has 0 bridgehead atoms. The van der Waals surface area contributed by atoms with E-state index in [0.29, 0.717) is 26.1 Å². The van der Waals surface area contributed by atoms with E-state index in [-0.39, 0.29) is 0 Å². The molecule has 0 aliphatic carbocycles. The van der Waals surface area contributed by atoms with Gasteiger partial charge in [0.05, 0.1) is 18.2 Å². The molecule has 0 radical (unpaired) electrons. The lowest BCUT2D eigenvalue weighted by Gasteiger charge is -2.34. The van der Waals surface area contributed by atoms with E-state index in [1.807, 2.05) is 15.7 Å². The molecule has 1 aliphatic rings. The van der Waals surface area contributed by atoms with Crippen LogP contribution in [-0.2, 0) is 16.1 Å². The third-order valence-electron chi connectivity index (χ3n) is 3.56. The Morgan fingerprint density at radius 2 is 1.95 bits per heavy atom. The van der Waals surface area contributed by atoms with E-state index in [0.717, 1.165) is 6.54 Å². The van der Waals surface area contributed by atoms with E-state index in [1.54, 1.807) is 12.5 Å². The van der Waals surface area contributed by atoms with E-state index in [4.69, 9.17) is 10.2 Å². The number of imidazole rings is 1. The van der Waals surface area contributed by atoms with Crippen LogP contribution in [0.3, 0.4) is 0 Å². The molecule has 2 rings (SSSR count). The Morgan fingerprint density at radius 3 is 2.53 bits per heavy atom. The fourth-order valence-corrected chi connectivity index (χ4v) is 2.44. The molecule has 1 aromatic rings. The molecule has 1 saturated heterocycles. The number of nitrogens with zero attached hydrogens (tertiary/aromatic N) is 3. The van der Waals surface area contributed by atoms with Crippen LogP contribution in [0.15, 0.2) is 18.7 Å². The summed E-state index contributed by atoms with van der Waals surface area (Å²) in [6.07, 6.45) is 5.63. The van der Waals surface area contributed by atoms with Crippen LogP contribution in [-0.4, -0.2) is 56.2 Å². The minimum absolute atomic E-state index is 0.293. The maximum Gasteiger partial charge on any atom is 0.308 e. The van der Waals surface area contributed by atoms with Gasteiger partial charge < -0.3 is 19.7 Å². The van der Waals surface area contributed by atoms with Gasteiger partial charge in [0.2, 0.25) is 0 Å². The van der Waals surface area contributed by atoms with Crippen LogP contribution in [0.2, 0.25) is 0 Å². The number of carbonyl (C=O) groups is 2. The Hall–Kier alpha value is -1.89. The van der Waals surface area contributed by atoms with Crippen molar-refractivity contribution < 1.29 is 19.8 Å². The Balaban J connectivity index is 1.91. The lowest BCUT2D eigenvalue weighted by molar-refractivity contribution is -0.157. The lowest BCUT2D eigenvalue weighted by atomic mass is 9.85. The van der Waals surface area contributed by atoms with Crippen molar-refractivity contribution in [2.45, 2.75) is 13.0 Å². The minimum Gasteiger partial charge on any atom is -0.481 e. The van der Waals surface area contributed by atoms with Crippen LogP contribution < -0.4 is 0 Å². The van der Waals surface area contributed by atoms with Crippen LogP contribution in [0, 0.1) is 11.8 Å². The highest BCUT2D eigenvalue weighted by atomic mass is 16.4. The molecule has 2 atom stereocenters. The van der Waals surface area contributed by atoms with Crippen molar-refractivity contribution in [2.75, 3.05) is 19.6 Å². The molecule has 1 fully saturated rings. The predicted molar refractivity (Wildman–Crippen MR) is 65.5 cm³/mol. The molecular formula is C12H17N3O4. The summed E-state index contributed by atoms with van der Waals surface area (Å²) < 4.78 is 1.92. The summed E-state index contributed by atoms with van der Waals surface area (Å²) in [4.78, 5) is 28.1. The third-order valence-corrected chi connectivity index (χ3v) is 3.56. The Morgan fingerprint density at radius 1 is 1.21 bits per heavy atom. The Labute approximate surface area is 110 Å². The maximum absolute atomic E-state index is 11.1. The molecule has 0 aromatic carbocycles.